The van der Waals surface area contributed by atoms with Crippen molar-refractivity contribution in [2.24, 2.45) is 0 Å². The zero-order chi connectivity index (χ0) is 20.8. The summed E-state index contributed by atoms with van der Waals surface area (Å²) in [6, 6.07) is 21.5. The highest BCUT2D eigenvalue weighted by Crippen LogP contribution is 2.27. The van der Waals surface area contributed by atoms with E-state index in [-0.39, 0.29) is 17.7 Å². The summed E-state index contributed by atoms with van der Waals surface area (Å²) in [4.78, 5) is 13.9. The van der Waals surface area contributed by atoms with E-state index in [9.17, 15) is 4.79 Å². The van der Waals surface area contributed by atoms with Crippen LogP contribution in [0.4, 0.5) is 0 Å². The largest absolute Gasteiger partial charge is 0.497 e. The van der Waals surface area contributed by atoms with Gasteiger partial charge in [-0.25, -0.2) is 0 Å². The van der Waals surface area contributed by atoms with Gasteiger partial charge in [0.1, 0.15) is 12.1 Å². The van der Waals surface area contributed by atoms with Gasteiger partial charge in [-0.3, -0.25) is 9.36 Å². The van der Waals surface area contributed by atoms with Crippen LogP contribution in [0, 0.1) is 0 Å². The van der Waals surface area contributed by atoms with E-state index in [4.69, 9.17) is 4.74 Å². The van der Waals surface area contributed by atoms with Crippen LogP contribution < -0.4 is 10.1 Å². The summed E-state index contributed by atoms with van der Waals surface area (Å²) in [5, 5.41) is 14.0. The van der Waals surface area contributed by atoms with Gasteiger partial charge >= 0.3 is 0 Å². The molecule has 0 saturated heterocycles. The number of nitrogens with one attached hydrogen (secondary N) is 1. The number of thioether (sulfide) groups is 1. The summed E-state index contributed by atoms with van der Waals surface area (Å²) in [5.41, 5.74) is 1.93. The smallest absolute Gasteiger partial charge is 0.231 e. The first-order valence-corrected chi connectivity index (χ1v) is 11.2. The Kier molecular flexibility index (Phi) is 6.46. The molecule has 30 heavy (non-hydrogen) atoms. The van der Waals surface area contributed by atoms with Crippen molar-refractivity contribution in [2.45, 2.75) is 11.2 Å². The molecule has 2 heterocycles. The van der Waals surface area contributed by atoms with E-state index in [0.29, 0.717) is 5.16 Å². The highest BCUT2D eigenvalue weighted by atomic mass is 32.2. The molecule has 1 N–H and O–H groups in total. The van der Waals surface area contributed by atoms with Crippen LogP contribution in [0.25, 0.3) is 5.69 Å². The van der Waals surface area contributed by atoms with E-state index >= 15 is 0 Å². The Bertz CT molecular complexity index is 1100. The van der Waals surface area contributed by atoms with Crippen LogP contribution in [0.5, 0.6) is 5.75 Å². The molecular weight excluding hydrogens is 416 g/mol. The average molecular weight is 437 g/mol. The first kappa shape index (κ1) is 20.2. The van der Waals surface area contributed by atoms with E-state index in [1.165, 1.54) is 11.8 Å². The fraction of sp³-hybridized carbons (Fsp3) is 0.136. The number of methoxy groups -OCH3 is 1. The van der Waals surface area contributed by atoms with Crippen molar-refractivity contribution >= 4 is 29.0 Å². The number of benzene rings is 2. The summed E-state index contributed by atoms with van der Waals surface area (Å²) < 4.78 is 7.13. The number of rotatable bonds is 8. The van der Waals surface area contributed by atoms with Crippen LogP contribution in [0.3, 0.4) is 0 Å². The fourth-order valence-electron chi connectivity index (χ4n) is 3.01. The van der Waals surface area contributed by atoms with Crippen molar-refractivity contribution in [1.29, 1.82) is 0 Å². The Morgan fingerprint density at radius 3 is 2.80 bits per heavy atom. The van der Waals surface area contributed by atoms with Gasteiger partial charge in [0.05, 0.1) is 24.6 Å². The molecule has 2 aromatic heterocycles. The van der Waals surface area contributed by atoms with Crippen molar-refractivity contribution in [2.75, 3.05) is 12.9 Å². The van der Waals surface area contributed by atoms with Crippen LogP contribution in [-0.2, 0) is 4.79 Å². The van der Waals surface area contributed by atoms with Gasteiger partial charge in [-0.15, -0.1) is 21.5 Å². The SMILES string of the molecule is COc1cccc(-n2cnnc2SCC(=O)N[C@H](c2ccccc2)c2cccs2)c1. The number of carbonyl (C=O) groups is 1. The number of hydrogen-bond acceptors (Lipinski definition) is 6. The molecule has 1 atom stereocenters. The summed E-state index contributed by atoms with van der Waals surface area (Å²) in [6.07, 6.45) is 1.63. The third kappa shape index (κ3) is 4.72. The van der Waals surface area contributed by atoms with E-state index in [0.717, 1.165) is 21.9 Å². The topological polar surface area (TPSA) is 69.0 Å². The quantitative estimate of drug-likeness (QED) is 0.416. The number of hydrogen-bond donors (Lipinski definition) is 1. The first-order valence-electron chi connectivity index (χ1n) is 9.29. The van der Waals surface area contributed by atoms with Crippen molar-refractivity contribution in [3.8, 4) is 11.4 Å². The predicted molar refractivity (Wildman–Crippen MR) is 119 cm³/mol. The van der Waals surface area contributed by atoms with Crippen molar-refractivity contribution in [1.82, 2.24) is 20.1 Å². The molecular formula is C22H20N4O2S2. The van der Waals surface area contributed by atoms with E-state index < -0.39 is 0 Å². The predicted octanol–water partition coefficient (Wildman–Crippen LogP) is 4.34. The normalized spacial score (nSPS) is 11.8. The molecule has 1 amide bonds. The molecule has 0 bridgehead atoms. The van der Waals surface area contributed by atoms with Crippen LogP contribution in [-0.4, -0.2) is 33.5 Å². The Hall–Kier alpha value is -3.10. The lowest BCUT2D eigenvalue weighted by molar-refractivity contribution is -0.119. The number of carbonyl (C=O) groups excluding carboxylic acids is 1. The molecule has 0 unspecified atom stereocenters. The molecule has 4 aromatic rings. The Balaban J connectivity index is 1.46. The van der Waals surface area contributed by atoms with Gasteiger partial charge in [-0.05, 0) is 29.1 Å². The summed E-state index contributed by atoms with van der Waals surface area (Å²) in [6.45, 7) is 0. The molecule has 2 aromatic carbocycles. The zero-order valence-corrected chi connectivity index (χ0v) is 17.9. The average Bonchev–Trinajstić information content (AvgIpc) is 3.49. The van der Waals surface area contributed by atoms with Crippen molar-refractivity contribution in [3.63, 3.8) is 0 Å². The van der Waals surface area contributed by atoms with Gasteiger partial charge in [0.2, 0.25) is 5.91 Å². The van der Waals surface area contributed by atoms with Gasteiger partial charge in [-0.1, -0.05) is 54.2 Å². The summed E-state index contributed by atoms with van der Waals surface area (Å²) in [5.74, 6) is 0.913. The summed E-state index contributed by atoms with van der Waals surface area (Å²) in [7, 11) is 1.63. The molecule has 8 heteroatoms. The molecule has 152 valence electrons. The molecule has 0 aliphatic rings. The molecule has 0 aliphatic heterocycles. The van der Waals surface area contributed by atoms with E-state index in [2.05, 4.69) is 15.5 Å². The van der Waals surface area contributed by atoms with Crippen LogP contribution in [0.2, 0.25) is 0 Å². The first-order chi connectivity index (χ1) is 14.7. The second-order valence-electron chi connectivity index (χ2n) is 6.40. The number of nitrogens with zero attached hydrogens (tertiary/aromatic N) is 3. The standard InChI is InChI=1S/C22H20N4O2S2/c1-28-18-10-5-9-17(13-18)26-15-23-25-22(26)30-14-20(27)24-21(19-11-6-12-29-19)16-7-3-2-4-8-16/h2-13,15,21H,14H2,1H3,(H,24,27)/t21-/m1/s1. The molecule has 6 nitrogen and oxygen atoms in total. The number of ether oxygens (including phenoxy) is 1. The van der Waals surface area contributed by atoms with Gasteiger partial charge in [0, 0.05) is 10.9 Å². The molecule has 0 aliphatic carbocycles. The number of amides is 1. The third-order valence-corrected chi connectivity index (χ3v) is 6.33. The van der Waals surface area contributed by atoms with Crippen LogP contribution in [0.15, 0.2) is 83.6 Å². The lowest BCUT2D eigenvalue weighted by atomic mass is 10.1. The molecule has 0 fully saturated rings. The lowest BCUT2D eigenvalue weighted by Gasteiger charge is -2.18. The maximum atomic E-state index is 12.8. The monoisotopic (exact) mass is 436 g/mol. The van der Waals surface area contributed by atoms with Crippen LogP contribution >= 0.6 is 23.1 Å². The number of thiophene rings is 1. The maximum absolute atomic E-state index is 12.8. The van der Waals surface area contributed by atoms with Crippen LogP contribution in [0.1, 0.15) is 16.5 Å². The summed E-state index contributed by atoms with van der Waals surface area (Å²) >= 11 is 2.97. The second-order valence-corrected chi connectivity index (χ2v) is 8.32. The number of aromatic nitrogens is 3. The molecule has 4 rings (SSSR count). The minimum atomic E-state index is -0.171. The Morgan fingerprint density at radius 1 is 1.17 bits per heavy atom. The Labute approximate surface area is 182 Å². The van der Waals surface area contributed by atoms with Crippen molar-refractivity contribution in [3.05, 3.63) is 88.9 Å². The highest BCUT2D eigenvalue weighted by molar-refractivity contribution is 7.99. The van der Waals surface area contributed by atoms with Gasteiger partial charge < -0.3 is 10.1 Å². The molecule has 0 spiro atoms. The van der Waals surface area contributed by atoms with E-state index in [1.54, 1.807) is 24.8 Å². The van der Waals surface area contributed by atoms with Crippen molar-refractivity contribution < 1.29 is 9.53 Å². The van der Waals surface area contributed by atoms with Gasteiger partial charge in [0.25, 0.3) is 0 Å². The Morgan fingerprint density at radius 2 is 2.03 bits per heavy atom. The molecule has 0 radical (unpaired) electrons. The van der Waals surface area contributed by atoms with Gasteiger partial charge in [-0.2, -0.15) is 0 Å². The lowest BCUT2D eigenvalue weighted by Crippen LogP contribution is -2.30. The fourth-order valence-corrected chi connectivity index (χ4v) is 4.56. The minimum Gasteiger partial charge on any atom is -0.497 e. The van der Waals surface area contributed by atoms with E-state index in [1.807, 2.05) is 76.7 Å². The second kappa shape index (κ2) is 9.60. The third-order valence-electron chi connectivity index (χ3n) is 4.45. The maximum Gasteiger partial charge on any atom is 0.231 e. The highest BCUT2D eigenvalue weighted by Gasteiger charge is 2.18. The zero-order valence-electron chi connectivity index (χ0n) is 16.3. The van der Waals surface area contributed by atoms with Gasteiger partial charge in [0.15, 0.2) is 5.16 Å². The minimum absolute atomic E-state index is 0.0672. The molecule has 0 saturated carbocycles.